The number of alkyl halides is 3. The molecule has 5 nitrogen and oxygen atoms in total. The number of anilines is 1. The molecule has 1 heterocycles. The average Bonchev–Trinajstić information content (AvgIpc) is 2.74. The van der Waals surface area contributed by atoms with Crippen LogP contribution in [0, 0.1) is 0 Å². The molecule has 0 radical (unpaired) electrons. The van der Waals surface area contributed by atoms with Gasteiger partial charge in [0.25, 0.3) is 0 Å². The Morgan fingerprint density at radius 3 is 2.78 bits per heavy atom. The fraction of sp³-hybridized carbons (Fsp3) is 0.778. The summed E-state index contributed by atoms with van der Waals surface area (Å²) in [5, 5.41) is 2.97. The molecule has 1 fully saturated rings. The van der Waals surface area contributed by atoms with E-state index in [4.69, 9.17) is 10.5 Å². The van der Waals surface area contributed by atoms with Gasteiger partial charge in [0.2, 0.25) is 11.0 Å². The molecule has 3 N–H and O–H groups in total. The van der Waals surface area contributed by atoms with Gasteiger partial charge in [-0.1, -0.05) is 0 Å². The van der Waals surface area contributed by atoms with E-state index in [2.05, 4.69) is 14.7 Å². The molecule has 0 spiro atoms. The molecule has 2 rings (SSSR count). The van der Waals surface area contributed by atoms with Gasteiger partial charge in [-0.25, -0.2) is 0 Å². The van der Waals surface area contributed by atoms with E-state index in [1.807, 2.05) is 6.92 Å². The minimum Gasteiger partial charge on any atom is -0.376 e. The zero-order chi connectivity index (χ0) is 13.3. The monoisotopic (exact) mass is 282 g/mol. The van der Waals surface area contributed by atoms with Crippen molar-refractivity contribution < 1.29 is 17.9 Å². The summed E-state index contributed by atoms with van der Waals surface area (Å²) in [7, 11) is 0. The van der Waals surface area contributed by atoms with Crippen LogP contribution in [0.25, 0.3) is 0 Å². The number of rotatable bonds is 4. The maximum atomic E-state index is 12.3. The van der Waals surface area contributed by atoms with Crippen molar-refractivity contribution in [2.75, 3.05) is 11.9 Å². The first-order chi connectivity index (χ1) is 8.41. The van der Waals surface area contributed by atoms with Crippen LogP contribution >= 0.6 is 11.5 Å². The van der Waals surface area contributed by atoms with E-state index in [0.717, 1.165) is 0 Å². The summed E-state index contributed by atoms with van der Waals surface area (Å²) in [6.45, 7) is 2.40. The van der Waals surface area contributed by atoms with Gasteiger partial charge in [-0.05, 0) is 13.3 Å². The molecule has 102 valence electrons. The zero-order valence-electron chi connectivity index (χ0n) is 9.57. The van der Waals surface area contributed by atoms with Gasteiger partial charge in [0.05, 0.1) is 12.1 Å². The van der Waals surface area contributed by atoms with E-state index in [-0.39, 0.29) is 23.3 Å². The van der Waals surface area contributed by atoms with Crippen molar-refractivity contribution in [3.63, 3.8) is 0 Å². The molecule has 0 amide bonds. The molecule has 0 aromatic carbocycles. The maximum Gasteiger partial charge on any atom is 0.452 e. The van der Waals surface area contributed by atoms with Crippen LogP contribution in [0.15, 0.2) is 0 Å². The fourth-order valence-electron chi connectivity index (χ4n) is 1.77. The molecule has 1 saturated carbocycles. The summed E-state index contributed by atoms with van der Waals surface area (Å²) >= 11 is 0.673. The first-order valence-corrected chi connectivity index (χ1v) is 6.23. The maximum absolute atomic E-state index is 12.3. The van der Waals surface area contributed by atoms with Gasteiger partial charge in [-0.3, -0.25) is 0 Å². The topological polar surface area (TPSA) is 73.1 Å². The third-order valence-corrected chi connectivity index (χ3v) is 3.36. The predicted molar refractivity (Wildman–Crippen MR) is 60.3 cm³/mol. The van der Waals surface area contributed by atoms with E-state index in [0.29, 0.717) is 24.6 Å². The highest BCUT2D eigenvalue weighted by Gasteiger charge is 2.41. The SMILES string of the molecule is CCOC1CC(N)C1Nc1nc(C(F)(F)F)ns1. The minimum atomic E-state index is -4.52. The van der Waals surface area contributed by atoms with Crippen molar-refractivity contribution in [1.29, 1.82) is 0 Å². The summed E-state index contributed by atoms with van der Waals surface area (Å²) in [6, 6.07) is -0.348. The largest absolute Gasteiger partial charge is 0.452 e. The van der Waals surface area contributed by atoms with Crippen molar-refractivity contribution in [3.05, 3.63) is 5.82 Å². The molecule has 3 unspecified atom stereocenters. The third-order valence-electron chi connectivity index (χ3n) is 2.72. The van der Waals surface area contributed by atoms with E-state index in [1.54, 1.807) is 0 Å². The molecule has 1 aromatic heterocycles. The van der Waals surface area contributed by atoms with Crippen LogP contribution in [0.3, 0.4) is 0 Å². The molecule has 9 heteroatoms. The van der Waals surface area contributed by atoms with Crippen molar-refractivity contribution in [1.82, 2.24) is 9.36 Å². The number of nitrogens with one attached hydrogen (secondary N) is 1. The zero-order valence-corrected chi connectivity index (χ0v) is 10.4. The Balaban J connectivity index is 1.99. The van der Waals surface area contributed by atoms with Gasteiger partial charge in [0, 0.05) is 24.2 Å². The molecule has 0 bridgehead atoms. The Hall–Kier alpha value is -0.930. The van der Waals surface area contributed by atoms with Gasteiger partial charge in [-0.15, -0.1) is 0 Å². The second-order valence-electron chi connectivity index (χ2n) is 3.98. The summed E-state index contributed by atoms with van der Waals surface area (Å²) in [5.74, 6) is -1.13. The smallest absolute Gasteiger partial charge is 0.376 e. The molecule has 1 aliphatic carbocycles. The number of nitrogens with two attached hydrogens (primary N) is 1. The van der Waals surface area contributed by atoms with Crippen LogP contribution < -0.4 is 11.1 Å². The van der Waals surface area contributed by atoms with Crippen LogP contribution in [-0.2, 0) is 10.9 Å². The molecule has 3 atom stereocenters. The second-order valence-corrected chi connectivity index (χ2v) is 4.74. The molecule has 1 aliphatic rings. The number of nitrogens with zero attached hydrogens (tertiary/aromatic N) is 2. The van der Waals surface area contributed by atoms with Gasteiger partial charge in [0.15, 0.2) is 0 Å². The van der Waals surface area contributed by atoms with E-state index < -0.39 is 12.0 Å². The Bertz CT molecular complexity index is 409. The first-order valence-electron chi connectivity index (χ1n) is 5.46. The number of hydrogen-bond acceptors (Lipinski definition) is 6. The number of ether oxygens (including phenoxy) is 1. The normalized spacial score (nSPS) is 27.9. The minimum absolute atomic E-state index is 0.0803. The van der Waals surface area contributed by atoms with E-state index in [1.165, 1.54) is 0 Å². The van der Waals surface area contributed by atoms with Crippen molar-refractivity contribution >= 4 is 16.7 Å². The van der Waals surface area contributed by atoms with Gasteiger partial charge >= 0.3 is 6.18 Å². The van der Waals surface area contributed by atoms with Gasteiger partial charge < -0.3 is 15.8 Å². The van der Waals surface area contributed by atoms with Crippen LogP contribution in [0.1, 0.15) is 19.2 Å². The van der Waals surface area contributed by atoms with E-state index >= 15 is 0 Å². The quantitative estimate of drug-likeness (QED) is 0.875. The molecule has 1 aromatic rings. The fourth-order valence-corrected chi connectivity index (χ4v) is 2.40. The van der Waals surface area contributed by atoms with Crippen LogP contribution in [0.2, 0.25) is 0 Å². The second kappa shape index (κ2) is 4.98. The van der Waals surface area contributed by atoms with Crippen molar-refractivity contribution in [2.24, 2.45) is 5.73 Å². The highest BCUT2D eigenvalue weighted by atomic mass is 32.1. The van der Waals surface area contributed by atoms with Crippen LogP contribution in [0.4, 0.5) is 18.3 Å². The number of hydrogen-bond donors (Lipinski definition) is 2. The van der Waals surface area contributed by atoms with E-state index in [9.17, 15) is 13.2 Å². The Morgan fingerprint density at radius 1 is 1.56 bits per heavy atom. The summed E-state index contributed by atoms with van der Waals surface area (Å²) < 4.78 is 45.6. The lowest BCUT2D eigenvalue weighted by Crippen LogP contribution is -2.60. The predicted octanol–water partition coefficient (Wildman–Crippen LogP) is 1.47. The van der Waals surface area contributed by atoms with Crippen molar-refractivity contribution in [2.45, 2.75) is 37.7 Å². The molecule has 18 heavy (non-hydrogen) atoms. The number of aromatic nitrogens is 2. The first kappa shape index (κ1) is 13.5. The highest BCUT2D eigenvalue weighted by Crippen LogP contribution is 2.31. The Labute approximate surface area is 106 Å². The number of halogens is 3. The lowest BCUT2D eigenvalue weighted by atomic mass is 9.83. The Kier molecular flexibility index (Phi) is 3.74. The summed E-state index contributed by atoms with van der Waals surface area (Å²) in [6.07, 6.45) is -3.91. The molecule has 0 saturated heterocycles. The lowest BCUT2D eigenvalue weighted by Gasteiger charge is -2.42. The summed E-state index contributed by atoms with van der Waals surface area (Å²) in [5.41, 5.74) is 5.78. The third kappa shape index (κ3) is 2.73. The van der Waals surface area contributed by atoms with Crippen LogP contribution in [-0.4, -0.2) is 34.2 Å². The molecular formula is C9H13F3N4OS. The van der Waals surface area contributed by atoms with Gasteiger partial charge in [-0.2, -0.15) is 22.5 Å². The molecular weight excluding hydrogens is 269 g/mol. The van der Waals surface area contributed by atoms with Crippen molar-refractivity contribution in [3.8, 4) is 0 Å². The Morgan fingerprint density at radius 2 is 2.28 bits per heavy atom. The van der Waals surface area contributed by atoms with Crippen LogP contribution in [0.5, 0.6) is 0 Å². The van der Waals surface area contributed by atoms with Gasteiger partial charge in [0.1, 0.15) is 0 Å². The molecule has 0 aliphatic heterocycles. The average molecular weight is 282 g/mol. The lowest BCUT2D eigenvalue weighted by molar-refractivity contribution is -0.144. The highest BCUT2D eigenvalue weighted by molar-refractivity contribution is 7.09. The standard InChI is InChI=1S/C9H13F3N4OS/c1-2-17-5-3-4(13)6(5)14-8-15-7(16-18-8)9(10,11)12/h4-6H,2-3,13H2,1H3,(H,14,15,16). The summed E-state index contributed by atoms with van der Waals surface area (Å²) in [4.78, 5) is 3.39.